The van der Waals surface area contributed by atoms with Crippen LogP contribution in [0.15, 0.2) is 24.3 Å². The molecule has 0 unspecified atom stereocenters. The molecule has 0 aliphatic carbocycles. The zero-order chi connectivity index (χ0) is 12.2. The summed E-state index contributed by atoms with van der Waals surface area (Å²) in [4.78, 5) is 0. The smallest absolute Gasteiger partial charge is 0.488 e. The SMILES string of the molecule is Cc1ccccc1O[C@H](C)COC(F)(F)F. The van der Waals surface area contributed by atoms with Gasteiger partial charge in [0.15, 0.2) is 0 Å². The van der Waals surface area contributed by atoms with Gasteiger partial charge in [0, 0.05) is 0 Å². The summed E-state index contributed by atoms with van der Waals surface area (Å²) in [5.41, 5.74) is 0.876. The molecular weight excluding hydrogens is 221 g/mol. The Morgan fingerprint density at radius 3 is 2.44 bits per heavy atom. The number of halogens is 3. The van der Waals surface area contributed by atoms with Crippen molar-refractivity contribution in [3.8, 4) is 5.75 Å². The molecule has 0 amide bonds. The number of hydrogen-bond donors (Lipinski definition) is 0. The Balaban J connectivity index is 2.46. The zero-order valence-electron chi connectivity index (χ0n) is 9.04. The fraction of sp³-hybridized carbons (Fsp3) is 0.455. The lowest BCUT2D eigenvalue weighted by atomic mass is 10.2. The number of para-hydroxylation sites is 1. The quantitative estimate of drug-likeness (QED) is 0.795. The lowest BCUT2D eigenvalue weighted by molar-refractivity contribution is -0.329. The van der Waals surface area contributed by atoms with Crippen molar-refractivity contribution >= 4 is 0 Å². The summed E-state index contributed by atoms with van der Waals surface area (Å²) in [6.45, 7) is 2.84. The molecule has 0 saturated carbocycles. The number of hydrogen-bond acceptors (Lipinski definition) is 2. The third kappa shape index (κ3) is 4.53. The van der Waals surface area contributed by atoms with Gasteiger partial charge in [0.25, 0.3) is 0 Å². The first kappa shape index (κ1) is 12.8. The van der Waals surface area contributed by atoms with Gasteiger partial charge in [-0.25, -0.2) is 0 Å². The van der Waals surface area contributed by atoms with Crippen LogP contribution in [0.25, 0.3) is 0 Å². The summed E-state index contributed by atoms with van der Waals surface area (Å²) in [6.07, 6.45) is -5.26. The fourth-order valence-corrected chi connectivity index (χ4v) is 1.15. The number of ether oxygens (including phenoxy) is 2. The molecule has 0 heterocycles. The molecular formula is C11H13F3O2. The van der Waals surface area contributed by atoms with Crippen LogP contribution in [0.1, 0.15) is 12.5 Å². The second-order valence-electron chi connectivity index (χ2n) is 3.45. The molecule has 0 aliphatic heterocycles. The van der Waals surface area contributed by atoms with Crippen LogP contribution < -0.4 is 4.74 Å². The minimum absolute atomic E-state index is 0.516. The van der Waals surface area contributed by atoms with E-state index in [-0.39, 0.29) is 0 Å². The van der Waals surface area contributed by atoms with E-state index in [4.69, 9.17) is 4.74 Å². The molecule has 90 valence electrons. The Bertz CT molecular complexity index is 336. The summed E-state index contributed by atoms with van der Waals surface area (Å²) >= 11 is 0. The lowest BCUT2D eigenvalue weighted by Gasteiger charge is -2.17. The highest BCUT2D eigenvalue weighted by Gasteiger charge is 2.30. The van der Waals surface area contributed by atoms with Crippen LogP contribution in [0, 0.1) is 6.92 Å². The van der Waals surface area contributed by atoms with Gasteiger partial charge in [-0.2, -0.15) is 0 Å². The molecule has 2 nitrogen and oxygen atoms in total. The van der Waals surface area contributed by atoms with Crippen molar-refractivity contribution in [3.05, 3.63) is 29.8 Å². The second kappa shape index (κ2) is 5.21. The molecule has 0 aliphatic rings. The molecule has 1 rings (SSSR count). The van der Waals surface area contributed by atoms with E-state index in [1.54, 1.807) is 12.1 Å². The van der Waals surface area contributed by atoms with Crippen molar-refractivity contribution in [1.82, 2.24) is 0 Å². The highest BCUT2D eigenvalue weighted by atomic mass is 19.4. The minimum Gasteiger partial charge on any atom is -0.488 e. The number of alkyl halides is 3. The largest absolute Gasteiger partial charge is 0.522 e. The number of rotatable bonds is 4. The van der Waals surface area contributed by atoms with Crippen LogP contribution >= 0.6 is 0 Å². The van der Waals surface area contributed by atoms with Gasteiger partial charge in [-0.3, -0.25) is 4.74 Å². The third-order valence-electron chi connectivity index (χ3n) is 1.90. The van der Waals surface area contributed by atoms with Crippen LogP contribution in [-0.2, 0) is 4.74 Å². The summed E-state index contributed by atoms with van der Waals surface area (Å²) in [7, 11) is 0. The van der Waals surface area contributed by atoms with Crippen molar-refractivity contribution in [2.24, 2.45) is 0 Å². The highest BCUT2D eigenvalue weighted by Crippen LogP contribution is 2.20. The second-order valence-corrected chi connectivity index (χ2v) is 3.45. The van der Waals surface area contributed by atoms with Crippen molar-refractivity contribution < 1.29 is 22.6 Å². The minimum atomic E-state index is -4.61. The molecule has 16 heavy (non-hydrogen) atoms. The summed E-state index contributed by atoms with van der Waals surface area (Å²) in [5, 5.41) is 0. The third-order valence-corrected chi connectivity index (χ3v) is 1.90. The normalized spacial score (nSPS) is 13.6. The van der Waals surface area contributed by atoms with Gasteiger partial charge in [-0.05, 0) is 25.5 Å². The van der Waals surface area contributed by atoms with Crippen LogP contribution in [0.3, 0.4) is 0 Å². The van der Waals surface area contributed by atoms with Crippen LogP contribution in [0.2, 0.25) is 0 Å². The Morgan fingerprint density at radius 2 is 1.88 bits per heavy atom. The molecule has 0 spiro atoms. The Hall–Kier alpha value is -1.23. The predicted octanol–water partition coefficient (Wildman–Crippen LogP) is 3.30. The fourth-order valence-electron chi connectivity index (χ4n) is 1.15. The molecule has 0 radical (unpaired) electrons. The van der Waals surface area contributed by atoms with Crippen LogP contribution in [-0.4, -0.2) is 19.1 Å². The molecule has 5 heteroatoms. The number of aryl methyl sites for hydroxylation is 1. The average Bonchev–Trinajstić information content (AvgIpc) is 2.18. The van der Waals surface area contributed by atoms with Gasteiger partial charge in [0.1, 0.15) is 11.9 Å². The first-order valence-corrected chi connectivity index (χ1v) is 4.81. The van der Waals surface area contributed by atoms with Crippen molar-refractivity contribution in [2.75, 3.05) is 6.61 Å². The van der Waals surface area contributed by atoms with Crippen molar-refractivity contribution in [1.29, 1.82) is 0 Å². The van der Waals surface area contributed by atoms with Crippen molar-refractivity contribution in [3.63, 3.8) is 0 Å². The molecule has 0 bridgehead atoms. The van der Waals surface area contributed by atoms with E-state index < -0.39 is 19.1 Å². The number of benzene rings is 1. The first-order valence-electron chi connectivity index (χ1n) is 4.81. The summed E-state index contributed by atoms with van der Waals surface area (Å²) < 4.78 is 44.3. The standard InChI is InChI=1S/C11H13F3O2/c1-8-5-3-4-6-10(8)16-9(2)7-15-11(12,13)14/h3-6,9H,7H2,1-2H3/t9-/m1/s1. The van der Waals surface area contributed by atoms with E-state index >= 15 is 0 Å². The van der Waals surface area contributed by atoms with E-state index in [1.165, 1.54) is 6.92 Å². The van der Waals surface area contributed by atoms with Gasteiger partial charge < -0.3 is 4.74 Å². The first-order chi connectivity index (χ1) is 7.38. The Kier molecular flexibility index (Phi) is 4.18. The molecule has 1 atom stereocenters. The maximum Gasteiger partial charge on any atom is 0.522 e. The molecule has 0 fully saturated rings. The van der Waals surface area contributed by atoms with Gasteiger partial charge >= 0.3 is 6.36 Å². The molecule has 1 aromatic carbocycles. The van der Waals surface area contributed by atoms with E-state index in [0.717, 1.165) is 5.56 Å². The molecule has 1 aromatic rings. The Morgan fingerprint density at radius 1 is 1.25 bits per heavy atom. The maximum atomic E-state index is 11.8. The van der Waals surface area contributed by atoms with E-state index in [2.05, 4.69) is 4.74 Å². The monoisotopic (exact) mass is 234 g/mol. The topological polar surface area (TPSA) is 18.5 Å². The predicted molar refractivity (Wildman–Crippen MR) is 53.3 cm³/mol. The molecule has 0 N–H and O–H groups in total. The van der Waals surface area contributed by atoms with E-state index in [1.807, 2.05) is 19.1 Å². The van der Waals surface area contributed by atoms with Gasteiger partial charge in [0.05, 0.1) is 6.61 Å². The van der Waals surface area contributed by atoms with Gasteiger partial charge in [-0.1, -0.05) is 18.2 Å². The molecule has 0 aromatic heterocycles. The summed E-state index contributed by atoms with van der Waals surface area (Å²) in [6, 6.07) is 7.13. The summed E-state index contributed by atoms with van der Waals surface area (Å²) in [5.74, 6) is 0.570. The molecule has 0 saturated heterocycles. The average molecular weight is 234 g/mol. The van der Waals surface area contributed by atoms with E-state index in [9.17, 15) is 13.2 Å². The van der Waals surface area contributed by atoms with Gasteiger partial charge in [0.2, 0.25) is 0 Å². The van der Waals surface area contributed by atoms with Crippen LogP contribution in [0.5, 0.6) is 5.75 Å². The van der Waals surface area contributed by atoms with Crippen LogP contribution in [0.4, 0.5) is 13.2 Å². The Labute approximate surface area is 92.0 Å². The van der Waals surface area contributed by atoms with Gasteiger partial charge in [-0.15, -0.1) is 13.2 Å². The van der Waals surface area contributed by atoms with Crippen molar-refractivity contribution in [2.45, 2.75) is 26.3 Å². The zero-order valence-corrected chi connectivity index (χ0v) is 9.04. The lowest BCUT2D eigenvalue weighted by Crippen LogP contribution is -2.25. The highest BCUT2D eigenvalue weighted by molar-refractivity contribution is 5.31. The van der Waals surface area contributed by atoms with E-state index in [0.29, 0.717) is 5.75 Å². The maximum absolute atomic E-state index is 11.8.